The summed E-state index contributed by atoms with van der Waals surface area (Å²) in [6.45, 7) is 6.38. The van der Waals surface area contributed by atoms with Crippen molar-refractivity contribution >= 4 is 11.7 Å². The minimum Gasteiger partial charge on any atom is -0.327 e. The number of nitrogens with one attached hydrogen (secondary N) is 1. The summed E-state index contributed by atoms with van der Waals surface area (Å²) in [6.07, 6.45) is 2.76. The third-order valence-corrected chi connectivity index (χ3v) is 3.37. The molecule has 1 fully saturated rings. The Kier molecular flexibility index (Phi) is 5.12. The fraction of sp³-hybridized carbons (Fsp3) is 0.846. The lowest BCUT2D eigenvalue weighted by Gasteiger charge is -2.28. The van der Waals surface area contributed by atoms with Gasteiger partial charge < -0.3 is 10.2 Å². The zero-order valence-corrected chi connectivity index (χ0v) is 11.3. The summed E-state index contributed by atoms with van der Waals surface area (Å²) in [6, 6.07) is 0. The van der Waals surface area contributed by atoms with E-state index in [0.29, 0.717) is 12.3 Å². The molecule has 4 heteroatoms. The maximum Gasteiger partial charge on any atom is 0.234 e. The van der Waals surface area contributed by atoms with Crippen molar-refractivity contribution in [2.24, 2.45) is 11.8 Å². The van der Waals surface area contributed by atoms with E-state index in [9.17, 15) is 9.59 Å². The highest BCUT2D eigenvalue weighted by Gasteiger charge is 2.34. The molecule has 1 aliphatic heterocycles. The van der Waals surface area contributed by atoms with Gasteiger partial charge in [-0.25, -0.2) is 0 Å². The second-order valence-corrected chi connectivity index (χ2v) is 5.27. The van der Waals surface area contributed by atoms with Gasteiger partial charge >= 0.3 is 0 Å². The number of likely N-dealkylation sites (tertiary alicyclic amines) is 1. The monoisotopic (exact) mass is 240 g/mol. The Morgan fingerprint density at radius 3 is 2.53 bits per heavy atom. The molecule has 0 bridgehead atoms. The molecule has 1 saturated heterocycles. The fourth-order valence-electron chi connectivity index (χ4n) is 2.44. The highest BCUT2D eigenvalue weighted by molar-refractivity contribution is 6.00. The molecule has 0 aromatic rings. The third-order valence-electron chi connectivity index (χ3n) is 3.37. The molecule has 1 rings (SSSR count). The predicted molar refractivity (Wildman–Crippen MR) is 67.4 cm³/mol. The van der Waals surface area contributed by atoms with Gasteiger partial charge in [0.15, 0.2) is 0 Å². The summed E-state index contributed by atoms with van der Waals surface area (Å²) < 4.78 is 0. The number of carbonyl (C=O) groups is 2. The number of ketones is 1. The smallest absolute Gasteiger partial charge is 0.234 e. The van der Waals surface area contributed by atoms with Gasteiger partial charge in [-0.15, -0.1) is 0 Å². The van der Waals surface area contributed by atoms with Gasteiger partial charge in [0.05, 0.1) is 12.1 Å². The minimum atomic E-state index is -0.455. The number of Topliss-reactive ketones (excluding diaryl/α,β-unsaturated/α-hetero) is 1. The molecule has 2 atom stereocenters. The first-order valence-electron chi connectivity index (χ1n) is 6.45. The summed E-state index contributed by atoms with van der Waals surface area (Å²) in [4.78, 5) is 25.8. The van der Waals surface area contributed by atoms with Gasteiger partial charge in [0.2, 0.25) is 5.91 Å². The molecule has 0 spiro atoms. The molecule has 4 nitrogen and oxygen atoms in total. The molecule has 1 aliphatic rings. The standard InChI is InChI=1S/C13H24N2O2/c1-9(2)8-11(10(3)16)13(17)15-7-5-6-12(15)14-4/h9,11-12,14H,5-8H2,1-4H3. The Hall–Kier alpha value is -0.900. The Balaban J connectivity index is 2.73. The molecule has 0 aromatic heterocycles. The van der Waals surface area contributed by atoms with Crippen LogP contribution in [0, 0.1) is 11.8 Å². The molecular weight excluding hydrogens is 216 g/mol. The Labute approximate surface area is 104 Å². The van der Waals surface area contributed by atoms with Gasteiger partial charge in [0.1, 0.15) is 5.78 Å². The summed E-state index contributed by atoms with van der Waals surface area (Å²) in [5.74, 6) is -0.0964. The first-order chi connectivity index (χ1) is 7.97. The maximum atomic E-state index is 12.4. The number of carbonyl (C=O) groups excluding carboxylic acids is 2. The van der Waals surface area contributed by atoms with Crippen LogP contribution in [0.15, 0.2) is 0 Å². The second-order valence-electron chi connectivity index (χ2n) is 5.27. The summed E-state index contributed by atoms with van der Waals surface area (Å²) in [5, 5.41) is 3.14. The van der Waals surface area contributed by atoms with Crippen LogP contribution in [-0.4, -0.2) is 36.3 Å². The Bertz CT molecular complexity index is 289. The van der Waals surface area contributed by atoms with E-state index in [2.05, 4.69) is 5.32 Å². The van der Waals surface area contributed by atoms with Crippen molar-refractivity contribution in [3.63, 3.8) is 0 Å². The summed E-state index contributed by atoms with van der Waals surface area (Å²) in [5.41, 5.74) is 0. The van der Waals surface area contributed by atoms with Crippen molar-refractivity contribution in [1.82, 2.24) is 10.2 Å². The van der Waals surface area contributed by atoms with Gasteiger partial charge in [-0.05, 0) is 39.2 Å². The van der Waals surface area contributed by atoms with Gasteiger partial charge in [-0.1, -0.05) is 13.8 Å². The van der Waals surface area contributed by atoms with Gasteiger partial charge in [0, 0.05) is 6.54 Å². The zero-order chi connectivity index (χ0) is 13.0. The lowest BCUT2D eigenvalue weighted by Crippen LogP contribution is -2.47. The lowest BCUT2D eigenvalue weighted by atomic mass is 9.92. The number of rotatable bonds is 5. The van der Waals surface area contributed by atoms with E-state index in [1.54, 1.807) is 0 Å². The van der Waals surface area contributed by atoms with E-state index in [1.165, 1.54) is 6.92 Å². The number of amides is 1. The van der Waals surface area contributed by atoms with E-state index in [-0.39, 0.29) is 17.9 Å². The number of nitrogens with zero attached hydrogens (tertiary/aromatic N) is 1. The van der Waals surface area contributed by atoms with Gasteiger partial charge in [0.25, 0.3) is 0 Å². The summed E-state index contributed by atoms with van der Waals surface area (Å²) in [7, 11) is 1.86. The first-order valence-corrected chi connectivity index (χ1v) is 6.45. The molecule has 0 aromatic carbocycles. The van der Waals surface area contributed by atoms with Crippen LogP contribution in [0.4, 0.5) is 0 Å². The van der Waals surface area contributed by atoms with Crippen LogP contribution in [0.1, 0.15) is 40.0 Å². The van der Waals surface area contributed by atoms with Crippen molar-refractivity contribution in [1.29, 1.82) is 0 Å². The number of hydrogen-bond acceptors (Lipinski definition) is 3. The Morgan fingerprint density at radius 1 is 1.41 bits per heavy atom. The van der Waals surface area contributed by atoms with Crippen LogP contribution in [0.25, 0.3) is 0 Å². The highest BCUT2D eigenvalue weighted by Crippen LogP contribution is 2.22. The van der Waals surface area contributed by atoms with E-state index in [0.717, 1.165) is 19.4 Å². The van der Waals surface area contributed by atoms with Crippen molar-refractivity contribution in [2.75, 3.05) is 13.6 Å². The topological polar surface area (TPSA) is 49.4 Å². The number of hydrogen-bond donors (Lipinski definition) is 1. The fourth-order valence-corrected chi connectivity index (χ4v) is 2.44. The van der Waals surface area contributed by atoms with Crippen molar-refractivity contribution in [3.05, 3.63) is 0 Å². The first kappa shape index (κ1) is 14.2. The van der Waals surface area contributed by atoms with Gasteiger partial charge in [-0.2, -0.15) is 0 Å². The molecule has 2 unspecified atom stereocenters. The van der Waals surface area contributed by atoms with Gasteiger partial charge in [-0.3, -0.25) is 9.59 Å². The van der Waals surface area contributed by atoms with Crippen LogP contribution in [0.3, 0.4) is 0 Å². The molecular formula is C13H24N2O2. The summed E-state index contributed by atoms with van der Waals surface area (Å²) >= 11 is 0. The average Bonchev–Trinajstić information content (AvgIpc) is 2.72. The molecule has 1 amide bonds. The van der Waals surface area contributed by atoms with Crippen LogP contribution in [-0.2, 0) is 9.59 Å². The predicted octanol–water partition coefficient (Wildman–Crippen LogP) is 1.41. The molecule has 17 heavy (non-hydrogen) atoms. The quantitative estimate of drug-likeness (QED) is 0.739. The molecule has 98 valence electrons. The van der Waals surface area contributed by atoms with E-state index in [4.69, 9.17) is 0 Å². The van der Waals surface area contributed by atoms with E-state index >= 15 is 0 Å². The molecule has 0 radical (unpaired) electrons. The highest BCUT2D eigenvalue weighted by atomic mass is 16.2. The van der Waals surface area contributed by atoms with Crippen LogP contribution in [0.5, 0.6) is 0 Å². The largest absolute Gasteiger partial charge is 0.327 e. The molecule has 1 N–H and O–H groups in total. The van der Waals surface area contributed by atoms with Crippen molar-refractivity contribution < 1.29 is 9.59 Å². The molecule has 1 heterocycles. The lowest BCUT2D eigenvalue weighted by molar-refractivity contribution is -0.142. The normalized spacial score (nSPS) is 21.9. The van der Waals surface area contributed by atoms with Crippen LogP contribution >= 0.6 is 0 Å². The maximum absolute atomic E-state index is 12.4. The van der Waals surface area contributed by atoms with Crippen LogP contribution < -0.4 is 5.32 Å². The van der Waals surface area contributed by atoms with E-state index in [1.807, 2.05) is 25.8 Å². The molecule has 0 saturated carbocycles. The third kappa shape index (κ3) is 3.53. The molecule has 0 aliphatic carbocycles. The minimum absolute atomic E-state index is 0.00282. The van der Waals surface area contributed by atoms with Crippen LogP contribution in [0.2, 0.25) is 0 Å². The Morgan fingerprint density at radius 2 is 2.06 bits per heavy atom. The SMILES string of the molecule is CNC1CCCN1C(=O)C(CC(C)C)C(C)=O. The van der Waals surface area contributed by atoms with Crippen molar-refractivity contribution in [2.45, 2.75) is 46.2 Å². The van der Waals surface area contributed by atoms with E-state index < -0.39 is 5.92 Å². The second kappa shape index (κ2) is 6.15. The van der Waals surface area contributed by atoms with Crippen molar-refractivity contribution in [3.8, 4) is 0 Å². The zero-order valence-electron chi connectivity index (χ0n) is 11.3. The average molecular weight is 240 g/mol.